The van der Waals surface area contributed by atoms with Gasteiger partial charge in [-0.3, -0.25) is 4.79 Å². The summed E-state index contributed by atoms with van der Waals surface area (Å²) in [7, 11) is 0. The van der Waals surface area contributed by atoms with E-state index in [1.54, 1.807) is 0 Å². The summed E-state index contributed by atoms with van der Waals surface area (Å²) in [6, 6.07) is 10.2. The quantitative estimate of drug-likeness (QED) is 0.759. The fourth-order valence-electron chi connectivity index (χ4n) is 2.38. The fraction of sp³-hybridized carbons (Fsp3) is 0.500. The van der Waals surface area contributed by atoms with Crippen molar-refractivity contribution in [1.29, 1.82) is 0 Å². The lowest BCUT2D eigenvalue weighted by Gasteiger charge is -2.16. The molecule has 1 aliphatic heterocycles. The number of likely N-dealkylation sites (tertiary alicyclic amines) is 1. The summed E-state index contributed by atoms with van der Waals surface area (Å²) < 4.78 is 0. The number of nitrogens with zero attached hydrogens (tertiary/aromatic N) is 1. The number of benzene rings is 1. The highest BCUT2D eigenvalue weighted by molar-refractivity contribution is 5.80. The molecule has 1 atom stereocenters. The van der Waals surface area contributed by atoms with Crippen molar-refractivity contribution in [3.63, 3.8) is 0 Å². The van der Waals surface area contributed by atoms with Gasteiger partial charge in [-0.1, -0.05) is 43.7 Å². The van der Waals surface area contributed by atoms with E-state index in [2.05, 4.69) is 19.1 Å². The summed E-state index contributed by atoms with van der Waals surface area (Å²) in [5.41, 5.74) is 1.23. The first kappa shape index (κ1) is 11.2. The summed E-state index contributed by atoms with van der Waals surface area (Å²) in [6.45, 7) is 3.85. The van der Waals surface area contributed by atoms with E-state index in [0.717, 1.165) is 32.4 Å². The zero-order chi connectivity index (χ0) is 11.4. The van der Waals surface area contributed by atoms with Crippen molar-refractivity contribution < 1.29 is 4.79 Å². The van der Waals surface area contributed by atoms with Crippen LogP contribution in [0.5, 0.6) is 0 Å². The maximum absolute atomic E-state index is 12.0. The van der Waals surface area contributed by atoms with Gasteiger partial charge in [0.15, 0.2) is 0 Å². The Hall–Kier alpha value is -1.31. The minimum atomic E-state index is 0.286. The monoisotopic (exact) mass is 217 g/mol. The predicted molar refractivity (Wildman–Crippen MR) is 64.9 cm³/mol. The third kappa shape index (κ3) is 2.43. The molecule has 1 aromatic rings. The highest BCUT2D eigenvalue weighted by Crippen LogP contribution is 2.23. The van der Waals surface area contributed by atoms with Crippen LogP contribution in [0.25, 0.3) is 0 Å². The second-order valence-electron chi connectivity index (χ2n) is 4.52. The van der Waals surface area contributed by atoms with Crippen molar-refractivity contribution in [3.8, 4) is 0 Å². The smallest absolute Gasteiger partial charge is 0.226 e. The molecular formula is C14H19NO. The van der Waals surface area contributed by atoms with Crippen LogP contribution in [-0.2, 0) is 11.3 Å². The Morgan fingerprint density at radius 3 is 2.75 bits per heavy atom. The summed E-state index contributed by atoms with van der Waals surface area (Å²) in [4.78, 5) is 14.0. The normalized spacial score (nSPS) is 20.4. The van der Waals surface area contributed by atoms with Gasteiger partial charge in [-0.2, -0.15) is 0 Å². The first-order valence-corrected chi connectivity index (χ1v) is 6.14. The Morgan fingerprint density at radius 1 is 1.31 bits per heavy atom. The van der Waals surface area contributed by atoms with Crippen molar-refractivity contribution in [3.05, 3.63) is 35.9 Å². The van der Waals surface area contributed by atoms with E-state index in [0.29, 0.717) is 5.91 Å². The van der Waals surface area contributed by atoms with Gasteiger partial charge < -0.3 is 4.90 Å². The minimum absolute atomic E-state index is 0.286. The molecule has 1 heterocycles. The molecule has 16 heavy (non-hydrogen) atoms. The molecule has 1 aliphatic rings. The highest BCUT2D eigenvalue weighted by atomic mass is 16.2. The fourth-order valence-corrected chi connectivity index (χ4v) is 2.38. The Kier molecular flexibility index (Phi) is 3.60. The molecule has 1 amide bonds. The average molecular weight is 217 g/mol. The maximum Gasteiger partial charge on any atom is 0.226 e. The van der Waals surface area contributed by atoms with Crippen LogP contribution in [0.2, 0.25) is 0 Å². The van der Waals surface area contributed by atoms with Gasteiger partial charge in [0.1, 0.15) is 0 Å². The number of carbonyl (C=O) groups excluding carboxylic acids is 1. The molecule has 2 heteroatoms. The van der Waals surface area contributed by atoms with E-state index in [-0.39, 0.29) is 5.92 Å². The lowest BCUT2D eigenvalue weighted by molar-refractivity contribution is -0.131. The topological polar surface area (TPSA) is 20.3 Å². The van der Waals surface area contributed by atoms with Crippen LogP contribution >= 0.6 is 0 Å². The van der Waals surface area contributed by atoms with E-state index in [1.807, 2.05) is 23.1 Å². The molecule has 0 bridgehead atoms. The molecular weight excluding hydrogens is 198 g/mol. The van der Waals surface area contributed by atoms with Crippen LogP contribution in [-0.4, -0.2) is 17.4 Å². The van der Waals surface area contributed by atoms with Crippen LogP contribution in [0.4, 0.5) is 0 Å². The molecule has 0 N–H and O–H groups in total. The highest BCUT2D eigenvalue weighted by Gasteiger charge is 2.30. The first-order chi connectivity index (χ1) is 7.81. The largest absolute Gasteiger partial charge is 0.338 e. The summed E-state index contributed by atoms with van der Waals surface area (Å²) in [5.74, 6) is 0.638. The first-order valence-electron chi connectivity index (χ1n) is 6.14. The Balaban J connectivity index is 1.95. The Morgan fingerprint density at radius 2 is 2.06 bits per heavy atom. The predicted octanol–water partition coefficient (Wildman–Crippen LogP) is 2.84. The second kappa shape index (κ2) is 5.15. The van der Waals surface area contributed by atoms with Crippen LogP contribution < -0.4 is 0 Å². The van der Waals surface area contributed by atoms with Crippen LogP contribution in [0.15, 0.2) is 30.3 Å². The molecule has 2 nitrogen and oxygen atoms in total. The van der Waals surface area contributed by atoms with Gasteiger partial charge in [-0.15, -0.1) is 0 Å². The molecule has 0 aromatic heterocycles. The van der Waals surface area contributed by atoms with E-state index >= 15 is 0 Å². The van der Waals surface area contributed by atoms with Gasteiger partial charge in [0.05, 0.1) is 0 Å². The lowest BCUT2D eigenvalue weighted by Crippen LogP contribution is -2.26. The summed E-state index contributed by atoms with van der Waals surface area (Å²) in [5, 5.41) is 0. The van der Waals surface area contributed by atoms with Gasteiger partial charge in [-0.05, 0) is 18.4 Å². The number of hydrogen-bond acceptors (Lipinski definition) is 1. The molecule has 0 saturated carbocycles. The zero-order valence-electron chi connectivity index (χ0n) is 9.86. The Labute approximate surface area is 97.3 Å². The molecule has 0 spiro atoms. The standard InChI is InChI=1S/C14H19NO/c1-2-6-13-9-10-15(14(13)16)11-12-7-4-3-5-8-12/h3-5,7-8,13H,2,6,9-11H2,1H3/t13-/m0/s1. The molecule has 0 radical (unpaired) electrons. The molecule has 0 aliphatic carbocycles. The molecule has 2 rings (SSSR count). The molecule has 86 valence electrons. The maximum atomic E-state index is 12.0. The van der Waals surface area contributed by atoms with Gasteiger partial charge >= 0.3 is 0 Å². The number of amides is 1. The lowest BCUT2D eigenvalue weighted by atomic mass is 10.0. The SMILES string of the molecule is CCC[C@H]1CCN(Cc2ccccc2)C1=O. The van der Waals surface area contributed by atoms with E-state index < -0.39 is 0 Å². The molecule has 1 saturated heterocycles. The van der Waals surface area contributed by atoms with E-state index in [9.17, 15) is 4.79 Å². The van der Waals surface area contributed by atoms with Gasteiger partial charge in [0.2, 0.25) is 5.91 Å². The van der Waals surface area contributed by atoms with Gasteiger partial charge in [0.25, 0.3) is 0 Å². The van der Waals surface area contributed by atoms with Crippen molar-refractivity contribution in [2.75, 3.05) is 6.54 Å². The van der Waals surface area contributed by atoms with Crippen LogP contribution in [0.3, 0.4) is 0 Å². The zero-order valence-corrected chi connectivity index (χ0v) is 9.86. The van der Waals surface area contributed by atoms with E-state index in [1.165, 1.54) is 5.56 Å². The van der Waals surface area contributed by atoms with Crippen molar-refractivity contribution >= 4 is 5.91 Å². The minimum Gasteiger partial charge on any atom is -0.338 e. The van der Waals surface area contributed by atoms with E-state index in [4.69, 9.17) is 0 Å². The number of hydrogen-bond donors (Lipinski definition) is 0. The van der Waals surface area contributed by atoms with Crippen LogP contribution in [0.1, 0.15) is 31.7 Å². The number of carbonyl (C=O) groups is 1. The third-order valence-corrected chi connectivity index (χ3v) is 3.26. The average Bonchev–Trinajstić information content (AvgIpc) is 2.64. The van der Waals surface area contributed by atoms with Gasteiger partial charge in [-0.25, -0.2) is 0 Å². The van der Waals surface area contributed by atoms with Gasteiger partial charge in [0, 0.05) is 19.0 Å². The third-order valence-electron chi connectivity index (χ3n) is 3.26. The number of rotatable bonds is 4. The van der Waals surface area contributed by atoms with Crippen molar-refractivity contribution in [2.24, 2.45) is 5.92 Å². The van der Waals surface area contributed by atoms with Crippen molar-refractivity contribution in [1.82, 2.24) is 4.90 Å². The molecule has 0 unspecified atom stereocenters. The molecule has 1 fully saturated rings. The van der Waals surface area contributed by atoms with Crippen LogP contribution in [0, 0.1) is 5.92 Å². The second-order valence-corrected chi connectivity index (χ2v) is 4.52. The Bertz CT molecular complexity index is 347. The molecule has 1 aromatic carbocycles. The summed E-state index contributed by atoms with van der Waals surface area (Å²) >= 11 is 0. The summed E-state index contributed by atoms with van der Waals surface area (Å²) in [6.07, 6.45) is 3.19. The van der Waals surface area contributed by atoms with Crippen molar-refractivity contribution in [2.45, 2.75) is 32.7 Å².